The molecular formula is C12H14N4O2. The van der Waals surface area contributed by atoms with E-state index >= 15 is 0 Å². The average Bonchev–Trinajstić information content (AvgIpc) is 2.85. The number of hydrogen-bond donors (Lipinski definition) is 2. The number of hydrogen-bond acceptors (Lipinski definition) is 5. The number of aromatic nitrogens is 2. The van der Waals surface area contributed by atoms with E-state index in [1.54, 1.807) is 18.2 Å². The molecule has 18 heavy (non-hydrogen) atoms. The number of benzene rings is 1. The molecule has 6 nitrogen and oxygen atoms in total. The number of nitrogens with one attached hydrogen (secondary N) is 1. The lowest BCUT2D eigenvalue weighted by molar-refractivity contribution is 0.0954. The van der Waals surface area contributed by atoms with Gasteiger partial charge in [-0.2, -0.15) is 4.98 Å². The molecule has 0 aliphatic heterocycles. The van der Waals surface area contributed by atoms with Crippen molar-refractivity contribution in [1.82, 2.24) is 15.5 Å². The van der Waals surface area contributed by atoms with Crippen molar-refractivity contribution in [2.75, 3.05) is 12.3 Å². The van der Waals surface area contributed by atoms with Crippen LogP contribution < -0.4 is 11.1 Å². The molecule has 1 amide bonds. The molecule has 0 saturated heterocycles. The van der Waals surface area contributed by atoms with Gasteiger partial charge in [0.15, 0.2) is 5.82 Å². The zero-order chi connectivity index (χ0) is 13.0. The molecular weight excluding hydrogens is 232 g/mol. The minimum Gasteiger partial charge on any atom is -0.399 e. The Morgan fingerprint density at radius 1 is 1.50 bits per heavy atom. The highest BCUT2D eigenvalue weighted by atomic mass is 16.5. The van der Waals surface area contributed by atoms with Crippen molar-refractivity contribution < 1.29 is 9.32 Å². The van der Waals surface area contributed by atoms with Crippen molar-refractivity contribution >= 4 is 11.6 Å². The molecule has 94 valence electrons. The van der Waals surface area contributed by atoms with Crippen molar-refractivity contribution in [2.24, 2.45) is 0 Å². The summed E-state index contributed by atoms with van der Waals surface area (Å²) < 4.78 is 4.60. The summed E-state index contributed by atoms with van der Waals surface area (Å²) in [6.45, 7) is 2.33. The van der Waals surface area contributed by atoms with Gasteiger partial charge in [-0.15, -0.1) is 0 Å². The summed E-state index contributed by atoms with van der Waals surface area (Å²) in [7, 11) is 0. The molecule has 0 spiro atoms. The molecule has 2 rings (SSSR count). The summed E-state index contributed by atoms with van der Waals surface area (Å²) >= 11 is 0. The lowest BCUT2D eigenvalue weighted by atomic mass is 10.1. The van der Waals surface area contributed by atoms with Gasteiger partial charge in [-0.05, 0) is 30.7 Å². The topological polar surface area (TPSA) is 94.0 Å². The van der Waals surface area contributed by atoms with Gasteiger partial charge >= 0.3 is 0 Å². The van der Waals surface area contributed by atoms with Gasteiger partial charge in [-0.1, -0.05) is 5.16 Å². The minimum absolute atomic E-state index is 0.137. The van der Waals surface area contributed by atoms with Gasteiger partial charge in [0, 0.05) is 24.2 Å². The molecule has 0 saturated carbocycles. The van der Waals surface area contributed by atoms with Crippen LogP contribution in [0.2, 0.25) is 0 Å². The second-order valence-electron chi connectivity index (χ2n) is 3.92. The Balaban J connectivity index is 1.89. The van der Waals surface area contributed by atoms with Gasteiger partial charge in [0.2, 0.25) is 6.39 Å². The molecule has 3 N–H and O–H groups in total. The first-order chi connectivity index (χ1) is 8.66. The molecule has 6 heteroatoms. The third-order valence-corrected chi connectivity index (χ3v) is 2.57. The Hall–Kier alpha value is -2.37. The van der Waals surface area contributed by atoms with Gasteiger partial charge in [0.25, 0.3) is 5.91 Å². The number of carbonyl (C=O) groups is 1. The van der Waals surface area contributed by atoms with Gasteiger partial charge in [-0.3, -0.25) is 4.79 Å². The van der Waals surface area contributed by atoms with Crippen molar-refractivity contribution in [3.63, 3.8) is 0 Å². The third-order valence-electron chi connectivity index (χ3n) is 2.57. The van der Waals surface area contributed by atoms with Gasteiger partial charge in [-0.25, -0.2) is 0 Å². The van der Waals surface area contributed by atoms with Crippen molar-refractivity contribution in [3.8, 4) is 0 Å². The zero-order valence-corrected chi connectivity index (χ0v) is 10.0. The van der Waals surface area contributed by atoms with E-state index in [9.17, 15) is 4.79 Å². The predicted octanol–water partition coefficient (Wildman–Crippen LogP) is 0.933. The van der Waals surface area contributed by atoms with Crippen LogP contribution in [-0.4, -0.2) is 22.6 Å². The number of nitrogen functional groups attached to an aromatic ring is 1. The maximum absolute atomic E-state index is 11.8. The Kier molecular flexibility index (Phi) is 3.57. The fraction of sp³-hybridized carbons (Fsp3) is 0.250. The quantitative estimate of drug-likeness (QED) is 0.783. The third kappa shape index (κ3) is 2.85. The highest BCUT2D eigenvalue weighted by Gasteiger charge is 2.07. The molecule has 0 radical (unpaired) electrons. The van der Waals surface area contributed by atoms with Crippen LogP contribution in [0.25, 0.3) is 0 Å². The lowest BCUT2D eigenvalue weighted by Gasteiger charge is -2.06. The van der Waals surface area contributed by atoms with Crippen LogP contribution in [-0.2, 0) is 6.42 Å². The van der Waals surface area contributed by atoms with Gasteiger partial charge in [0.1, 0.15) is 0 Å². The maximum atomic E-state index is 11.8. The number of nitrogens with two attached hydrogens (primary N) is 1. The van der Waals surface area contributed by atoms with E-state index < -0.39 is 0 Å². The van der Waals surface area contributed by atoms with E-state index in [4.69, 9.17) is 5.73 Å². The van der Waals surface area contributed by atoms with Crippen LogP contribution in [0.1, 0.15) is 21.7 Å². The van der Waals surface area contributed by atoms with Gasteiger partial charge in [0.05, 0.1) is 0 Å². The molecule has 0 unspecified atom stereocenters. The smallest absolute Gasteiger partial charge is 0.251 e. The van der Waals surface area contributed by atoms with Gasteiger partial charge < -0.3 is 15.6 Å². The fourth-order valence-electron chi connectivity index (χ4n) is 1.51. The largest absolute Gasteiger partial charge is 0.399 e. The molecule has 0 fully saturated rings. The summed E-state index contributed by atoms with van der Waals surface area (Å²) in [4.78, 5) is 15.7. The normalized spacial score (nSPS) is 10.3. The standard InChI is InChI=1S/C12H14N4O2/c1-8-6-9(2-3-10(8)13)12(17)14-5-4-11-15-7-18-16-11/h2-3,6-7H,4-5,13H2,1H3,(H,14,17). The van der Waals surface area contributed by atoms with Crippen LogP contribution in [0.4, 0.5) is 5.69 Å². The first-order valence-electron chi connectivity index (χ1n) is 5.56. The molecule has 1 heterocycles. The number of aryl methyl sites for hydroxylation is 1. The highest BCUT2D eigenvalue weighted by Crippen LogP contribution is 2.12. The first-order valence-corrected chi connectivity index (χ1v) is 5.56. The molecule has 1 aromatic heterocycles. The molecule has 0 atom stereocenters. The summed E-state index contributed by atoms with van der Waals surface area (Å²) in [6, 6.07) is 5.19. The van der Waals surface area contributed by atoms with Crippen LogP contribution in [0.3, 0.4) is 0 Å². The van der Waals surface area contributed by atoms with Crippen molar-refractivity contribution in [1.29, 1.82) is 0 Å². The Labute approximate surface area is 104 Å². The van der Waals surface area contributed by atoms with Crippen molar-refractivity contribution in [2.45, 2.75) is 13.3 Å². The second-order valence-corrected chi connectivity index (χ2v) is 3.92. The number of carbonyl (C=O) groups excluding carboxylic acids is 1. The van der Waals surface area contributed by atoms with Crippen LogP contribution in [0.15, 0.2) is 29.1 Å². The number of rotatable bonds is 4. The summed E-state index contributed by atoms with van der Waals surface area (Å²) in [6.07, 6.45) is 1.80. The molecule has 0 aliphatic carbocycles. The molecule has 0 bridgehead atoms. The van der Waals surface area contributed by atoms with E-state index in [2.05, 4.69) is 20.0 Å². The monoisotopic (exact) mass is 246 g/mol. The SMILES string of the molecule is Cc1cc(C(=O)NCCc2ncon2)ccc1N. The first kappa shape index (κ1) is 12.1. The average molecular weight is 246 g/mol. The number of nitrogens with zero attached hydrogens (tertiary/aromatic N) is 2. The summed E-state index contributed by atoms with van der Waals surface area (Å²) in [5.41, 5.74) is 7.86. The van der Waals surface area contributed by atoms with Crippen LogP contribution in [0.5, 0.6) is 0 Å². The van der Waals surface area contributed by atoms with Crippen molar-refractivity contribution in [3.05, 3.63) is 41.5 Å². The second kappa shape index (κ2) is 5.31. The van der Waals surface area contributed by atoms with E-state index in [1.165, 1.54) is 6.39 Å². The molecule has 1 aromatic carbocycles. The van der Waals surface area contributed by atoms with E-state index in [1.807, 2.05) is 6.92 Å². The number of amides is 1. The Morgan fingerprint density at radius 3 is 3.00 bits per heavy atom. The summed E-state index contributed by atoms with van der Waals surface area (Å²) in [5.74, 6) is 0.436. The predicted molar refractivity (Wildman–Crippen MR) is 65.9 cm³/mol. The summed E-state index contributed by atoms with van der Waals surface area (Å²) in [5, 5.41) is 6.44. The van der Waals surface area contributed by atoms with Crippen LogP contribution in [0, 0.1) is 6.92 Å². The van der Waals surface area contributed by atoms with E-state index in [0.29, 0.717) is 30.0 Å². The fourth-order valence-corrected chi connectivity index (χ4v) is 1.51. The lowest BCUT2D eigenvalue weighted by Crippen LogP contribution is -2.26. The Morgan fingerprint density at radius 2 is 2.33 bits per heavy atom. The van der Waals surface area contributed by atoms with E-state index in [-0.39, 0.29) is 5.91 Å². The molecule has 2 aromatic rings. The molecule has 0 aliphatic rings. The number of anilines is 1. The van der Waals surface area contributed by atoms with E-state index in [0.717, 1.165) is 5.56 Å². The Bertz CT molecular complexity index is 537. The van der Waals surface area contributed by atoms with Crippen LogP contribution >= 0.6 is 0 Å². The highest BCUT2D eigenvalue weighted by molar-refractivity contribution is 5.94. The minimum atomic E-state index is -0.137. The zero-order valence-electron chi connectivity index (χ0n) is 10.0. The maximum Gasteiger partial charge on any atom is 0.251 e.